The first kappa shape index (κ1) is 10.4. The van der Waals surface area contributed by atoms with E-state index in [0.29, 0.717) is 24.5 Å². The molecule has 0 amide bonds. The van der Waals surface area contributed by atoms with Gasteiger partial charge in [0.15, 0.2) is 17.3 Å². The van der Waals surface area contributed by atoms with Crippen molar-refractivity contribution < 1.29 is 14.3 Å². The van der Waals surface area contributed by atoms with Crippen molar-refractivity contribution in [2.24, 2.45) is 0 Å². The zero-order chi connectivity index (χ0) is 10.8. The van der Waals surface area contributed by atoms with Crippen LogP contribution in [-0.2, 0) is 0 Å². The largest absolute Gasteiger partial charge is 0.486 e. The summed E-state index contributed by atoms with van der Waals surface area (Å²) in [5, 5.41) is 0. The Balaban J connectivity index is 2.44. The van der Waals surface area contributed by atoms with Crippen molar-refractivity contribution in [2.45, 2.75) is 6.92 Å². The monoisotopic (exact) mass is 224 g/mol. The molecule has 4 heteroatoms. The molecule has 0 N–H and O–H groups in total. The molecule has 1 aromatic carbocycles. The van der Waals surface area contributed by atoms with E-state index in [1.54, 1.807) is 6.07 Å². The summed E-state index contributed by atoms with van der Waals surface area (Å²) in [5.74, 6) is 1.58. The molecule has 1 aliphatic heterocycles. The number of carbonyl (C=O) groups is 1. The second-order valence-electron chi connectivity index (χ2n) is 3.39. The first-order valence-electron chi connectivity index (χ1n) is 4.76. The van der Waals surface area contributed by atoms with Gasteiger partial charge in [-0.2, -0.15) is 12.6 Å². The molecule has 0 radical (unpaired) electrons. The Hall–Kier alpha value is -1.16. The zero-order valence-electron chi connectivity index (χ0n) is 8.45. The first-order chi connectivity index (χ1) is 7.22. The first-order valence-corrected chi connectivity index (χ1v) is 5.40. The van der Waals surface area contributed by atoms with Gasteiger partial charge in [0, 0.05) is 5.56 Å². The van der Waals surface area contributed by atoms with E-state index in [-0.39, 0.29) is 11.5 Å². The standard InChI is InChI=1S/C11H12O3S/c1-7-4-10-11(14-3-2-13-10)5-8(7)9(12)6-15/h4-5,15H,2-3,6H2,1H3. The van der Waals surface area contributed by atoms with Crippen LogP contribution in [0.25, 0.3) is 0 Å². The summed E-state index contributed by atoms with van der Waals surface area (Å²) in [7, 11) is 0. The number of Topliss-reactive ketones (excluding diaryl/α,β-unsaturated/α-hetero) is 1. The normalized spacial score (nSPS) is 13.7. The Morgan fingerprint density at radius 1 is 1.33 bits per heavy atom. The maximum absolute atomic E-state index is 11.5. The van der Waals surface area contributed by atoms with E-state index < -0.39 is 0 Å². The van der Waals surface area contributed by atoms with Gasteiger partial charge in [-0.05, 0) is 24.6 Å². The van der Waals surface area contributed by atoms with Crippen molar-refractivity contribution in [3.63, 3.8) is 0 Å². The van der Waals surface area contributed by atoms with Crippen LogP contribution in [0, 0.1) is 6.92 Å². The van der Waals surface area contributed by atoms with Gasteiger partial charge in [0.2, 0.25) is 0 Å². The van der Waals surface area contributed by atoms with Crippen molar-refractivity contribution >= 4 is 18.4 Å². The quantitative estimate of drug-likeness (QED) is 0.615. The molecule has 0 saturated heterocycles. The summed E-state index contributed by atoms with van der Waals surface area (Å²) < 4.78 is 10.8. The third kappa shape index (κ3) is 1.95. The summed E-state index contributed by atoms with van der Waals surface area (Å²) in [4.78, 5) is 11.5. The lowest BCUT2D eigenvalue weighted by molar-refractivity contribution is 0.102. The minimum Gasteiger partial charge on any atom is -0.486 e. The Bertz CT molecular complexity index is 401. The lowest BCUT2D eigenvalue weighted by atomic mass is 10.0. The number of benzene rings is 1. The highest BCUT2D eigenvalue weighted by molar-refractivity contribution is 7.81. The van der Waals surface area contributed by atoms with Gasteiger partial charge >= 0.3 is 0 Å². The minimum absolute atomic E-state index is 0.00723. The van der Waals surface area contributed by atoms with Crippen LogP contribution < -0.4 is 9.47 Å². The Labute approximate surface area is 93.8 Å². The number of carbonyl (C=O) groups excluding carboxylic acids is 1. The molecule has 1 aromatic rings. The van der Waals surface area contributed by atoms with Crippen LogP contribution in [-0.4, -0.2) is 24.7 Å². The van der Waals surface area contributed by atoms with E-state index in [1.165, 1.54) is 0 Å². The van der Waals surface area contributed by atoms with E-state index >= 15 is 0 Å². The van der Waals surface area contributed by atoms with Gasteiger partial charge in [0.25, 0.3) is 0 Å². The number of fused-ring (bicyclic) bond motifs is 1. The number of aryl methyl sites for hydroxylation is 1. The van der Waals surface area contributed by atoms with Crippen LogP contribution in [0.15, 0.2) is 12.1 Å². The Morgan fingerprint density at radius 2 is 1.93 bits per heavy atom. The second kappa shape index (κ2) is 4.14. The molecular weight excluding hydrogens is 212 g/mol. The Kier molecular flexibility index (Phi) is 2.86. The number of hydrogen-bond donors (Lipinski definition) is 1. The zero-order valence-corrected chi connectivity index (χ0v) is 9.34. The highest BCUT2D eigenvalue weighted by Crippen LogP contribution is 2.33. The molecule has 1 aliphatic rings. The molecule has 0 fully saturated rings. The average Bonchev–Trinajstić information content (AvgIpc) is 2.27. The third-order valence-corrected chi connectivity index (χ3v) is 2.62. The number of hydrogen-bond acceptors (Lipinski definition) is 4. The highest BCUT2D eigenvalue weighted by Gasteiger charge is 2.16. The van der Waals surface area contributed by atoms with Crippen molar-refractivity contribution in [1.82, 2.24) is 0 Å². The fourth-order valence-electron chi connectivity index (χ4n) is 1.58. The molecule has 0 saturated carbocycles. The molecule has 0 bridgehead atoms. The number of thiol groups is 1. The van der Waals surface area contributed by atoms with Crippen molar-refractivity contribution in [2.75, 3.05) is 19.0 Å². The summed E-state index contributed by atoms with van der Waals surface area (Å²) in [6.45, 7) is 2.98. The molecule has 0 unspecified atom stereocenters. The van der Waals surface area contributed by atoms with Crippen LogP contribution in [0.1, 0.15) is 15.9 Å². The number of ether oxygens (including phenoxy) is 2. The molecule has 1 heterocycles. The van der Waals surface area contributed by atoms with Gasteiger partial charge in [-0.1, -0.05) is 0 Å². The van der Waals surface area contributed by atoms with Crippen LogP contribution >= 0.6 is 12.6 Å². The fraction of sp³-hybridized carbons (Fsp3) is 0.364. The van der Waals surface area contributed by atoms with Crippen LogP contribution in [0.2, 0.25) is 0 Å². The Morgan fingerprint density at radius 3 is 2.53 bits per heavy atom. The van der Waals surface area contributed by atoms with E-state index in [9.17, 15) is 4.79 Å². The summed E-state index contributed by atoms with van der Waals surface area (Å²) in [5.41, 5.74) is 1.56. The van der Waals surface area contributed by atoms with Gasteiger partial charge in [-0.3, -0.25) is 4.79 Å². The molecule has 15 heavy (non-hydrogen) atoms. The lowest BCUT2D eigenvalue weighted by Crippen LogP contribution is -2.16. The smallest absolute Gasteiger partial charge is 0.172 e. The third-order valence-electron chi connectivity index (χ3n) is 2.33. The average molecular weight is 224 g/mol. The van der Waals surface area contributed by atoms with Crippen molar-refractivity contribution in [3.8, 4) is 11.5 Å². The van der Waals surface area contributed by atoms with E-state index in [0.717, 1.165) is 11.3 Å². The summed E-state index contributed by atoms with van der Waals surface area (Å²) >= 11 is 3.98. The summed E-state index contributed by atoms with van der Waals surface area (Å²) in [6, 6.07) is 3.58. The van der Waals surface area contributed by atoms with E-state index in [1.807, 2.05) is 13.0 Å². The molecule has 3 nitrogen and oxygen atoms in total. The predicted octanol–water partition coefficient (Wildman–Crippen LogP) is 1.88. The van der Waals surface area contributed by atoms with Crippen LogP contribution in [0.5, 0.6) is 11.5 Å². The van der Waals surface area contributed by atoms with E-state index in [4.69, 9.17) is 9.47 Å². The van der Waals surface area contributed by atoms with Gasteiger partial charge in [-0.15, -0.1) is 0 Å². The minimum atomic E-state index is 0.00723. The van der Waals surface area contributed by atoms with Gasteiger partial charge in [-0.25, -0.2) is 0 Å². The fourth-order valence-corrected chi connectivity index (χ4v) is 1.75. The number of rotatable bonds is 2. The van der Waals surface area contributed by atoms with Gasteiger partial charge in [0.05, 0.1) is 5.75 Å². The topological polar surface area (TPSA) is 35.5 Å². The number of ketones is 1. The molecule has 2 rings (SSSR count). The molecular formula is C11H12O3S. The van der Waals surface area contributed by atoms with Crippen LogP contribution in [0.4, 0.5) is 0 Å². The van der Waals surface area contributed by atoms with E-state index in [2.05, 4.69) is 12.6 Å². The van der Waals surface area contributed by atoms with Crippen molar-refractivity contribution in [3.05, 3.63) is 23.3 Å². The van der Waals surface area contributed by atoms with Crippen molar-refractivity contribution in [1.29, 1.82) is 0 Å². The SMILES string of the molecule is Cc1cc2c(cc1C(=O)CS)OCCO2. The summed E-state index contributed by atoms with van der Waals surface area (Å²) in [6.07, 6.45) is 0. The van der Waals surface area contributed by atoms with Gasteiger partial charge < -0.3 is 9.47 Å². The molecule has 0 spiro atoms. The predicted molar refractivity (Wildman–Crippen MR) is 60.4 cm³/mol. The second-order valence-corrected chi connectivity index (χ2v) is 3.71. The van der Waals surface area contributed by atoms with Crippen LogP contribution in [0.3, 0.4) is 0 Å². The highest BCUT2D eigenvalue weighted by atomic mass is 32.1. The maximum atomic E-state index is 11.5. The molecule has 0 aliphatic carbocycles. The van der Waals surface area contributed by atoms with Gasteiger partial charge in [0.1, 0.15) is 13.2 Å². The molecule has 0 atom stereocenters. The molecule has 80 valence electrons. The molecule has 0 aromatic heterocycles. The maximum Gasteiger partial charge on any atom is 0.172 e. The lowest BCUT2D eigenvalue weighted by Gasteiger charge is -2.19.